The van der Waals surface area contributed by atoms with Gasteiger partial charge in [-0.25, -0.2) is 0 Å². The summed E-state index contributed by atoms with van der Waals surface area (Å²) < 4.78 is 0. The maximum atomic E-state index is 10.8. The van der Waals surface area contributed by atoms with Gasteiger partial charge in [-0.05, 0) is 6.92 Å². The van der Waals surface area contributed by atoms with Crippen LogP contribution >= 0.6 is 11.6 Å². The van der Waals surface area contributed by atoms with E-state index >= 15 is 0 Å². The van der Waals surface area contributed by atoms with E-state index in [-0.39, 0.29) is 11.8 Å². The first-order valence-corrected chi connectivity index (χ1v) is 4.14. The average molecular weight is 180 g/mol. The van der Waals surface area contributed by atoms with Crippen molar-refractivity contribution >= 4 is 17.5 Å². The molecule has 1 amide bonds. The summed E-state index contributed by atoms with van der Waals surface area (Å²) >= 11 is 5.37. The van der Waals surface area contributed by atoms with Crippen molar-refractivity contribution in [2.45, 2.75) is 20.0 Å². The van der Waals surface area contributed by atoms with E-state index in [1.807, 2.05) is 6.92 Å². The van der Waals surface area contributed by atoms with Gasteiger partial charge >= 0.3 is 0 Å². The van der Waals surface area contributed by atoms with Crippen molar-refractivity contribution in [2.75, 3.05) is 19.0 Å². The van der Waals surface area contributed by atoms with Crippen LogP contribution in [0.5, 0.6) is 0 Å². The van der Waals surface area contributed by atoms with Crippen LogP contribution in [-0.4, -0.2) is 41.0 Å². The van der Waals surface area contributed by atoms with E-state index in [0.29, 0.717) is 13.1 Å². The van der Waals surface area contributed by atoms with Gasteiger partial charge in [0.05, 0.1) is 12.0 Å². The third kappa shape index (κ3) is 4.22. The molecule has 0 aromatic heterocycles. The van der Waals surface area contributed by atoms with Crippen LogP contribution in [-0.2, 0) is 4.79 Å². The quantitative estimate of drug-likeness (QED) is 0.637. The minimum Gasteiger partial charge on any atom is -0.390 e. The zero-order valence-electron chi connectivity index (χ0n) is 6.88. The fourth-order valence-corrected chi connectivity index (χ4v) is 0.881. The normalized spacial score (nSPS) is 12.7. The van der Waals surface area contributed by atoms with E-state index in [2.05, 4.69) is 0 Å². The number of carbonyl (C=O) groups excluding carboxylic acids is 1. The number of carbonyl (C=O) groups is 1. The highest BCUT2D eigenvalue weighted by atomic mass is 35.5. The monoisotopic (exact) mass is 179 g/mol. The minimum absolute atomic E-state index is 0.0309. The molecule has 0 aliphatic rings. The van der Waals surface area contributed by atoms with E-state index in [0.717, 1.165) is 0 Å². The smallest absolute Gasteiger partial charge is 0.219 e. The van der Waals surface area contributed by atoms with E-state index in [1.165, 1.54) is 6.92 Å². The first kappa shape index (κ1) is 10.7. The van der Waals surface area contributed by atoms with Gasteiger partial charge < -0.3 is 10.0 Å². The number of hydrogen-bond acceptors (Lipinski definition) is 2. The Bertz CT molecular complexity index is 130. The maximum Gasteiger partial charge on any atom is 0.219 e. The summed E-state index contributed by atoms with van der Waals surface area (Å²) in [6.45, 7) is 4.28. The van der Waals surface area contributed by atoms with Crippen molar-refractivity contribution in [2.24, 2.45) is 0 Å². The first-order chi connectivity index (χ1) is 5.11. The molecule has 0 fully saturated rings. The summed E-state index contributed by atoms with van der Waals surface area (Å²) in [6.07, 6.45) is -0.611. The van der Waals surface area contributed by atoms with E-state index in [9.17, 15) is 4.79 Å². The second-order valence-electron chi connectivity index (χ2n) is 2.37. The molecule has 1 atom stereocenters. The van der Waals surface area contributed by atoms with Crippen molar-refractivity contribution in [1.82, 2.24) is 4.90 Å². The number of likely N-dealkylation sites (N-methyl/N-ethyl adjacent to an activating group) is 1. The molecular weight excluding hydrogens is 166 g/mol. The van der Waals surface area contributed by atoms with Crippen LogP contribution in [0.3, 0.4) is 0 Å². The minimum atomic E-state index is -0.611. The summed E-state index contributed by atoms with van der Waals surface area (Å²) in [4.78, 5) is 12.3. The molecule has 0 saturated heterocycles. The molecule has 0 heterocycles. The van der Waals surface area contributed by atoms with Crippen molar-refractivity contribution < 1.29 is 9.90 Å². The molecule has 66 valence electrons. The summed E-state index contributed by atoms with van der Waals surface area (Å²) in [5.74, 6) is 0.140. The fourth-order valence-electron chi connectivity index (χ4n) is 0.784. The molecule has 0 aliphatic carbocycles. The van der Waals surface area contributed by atoms with Crippen LogP contribution < -0.4 is 0 Å². The highest BCUT2D eigenvalue weighted by Gasteiger charge is 2.10. The Morgan fingerprint density at radius 1 is 1.73 bits per heavy atom. The molecule has 0 aliphatic heterocycles. The second-order valence-corrected chi connectivity index (χ2v) is 2.67. The molecule has 0 aromatic rings. The van der Waals surface area contributed by atoms with E-state index < -0.39 is 6.10 Å². The standard InChI is InChI=1S/C7H14ClNO2/c1-3-9(6(2)10)5-7(11)4-8/h7,11H,3-5H2,1-2H3. The lowest BCUT2D eigenvalue weighted by molar-refractivity contribution is -0.129. The number of aliphatic hydroxyl groups is 1. The third-order valence-electron chi connectivity index (χ3n) is 1.44. The number of alkyl halides is 1. The molecule has 11 heavy (non-hydrogen) atoms. The number of hydrogen-bond donors (Lipinski definition) is 1. The van der Waals surface area contributed by atoms with Gasteiger partial charge in [0.2, 0.25) is 5.91 Å². The number of nitrogens with zero attached hydrogens (tertiary/aromatic N) is 1. The van der Waals surface area contributed by atoms with Crippen LogP contribution in [0.1, 0.15) is 13.8 Å². The Kier molecular flexibility index (Phi) is 5.24. The summed E-state index contributed by atoms with van der Waals surface area (Å²) in [5, 5.41) is 9.08. The predicted octanol–water partition coefficient (Wildman–Crippen LogP) is 0.454. The lowest BCUT2D eigenvalue weighted by Crippen LogP contribution is -2.36. The Labute approximate surface area is 71.9 Å². The highest BCUT2D eigenvalue weighted by molar-refractivity contribution is 6.18. The highest BCUT2D eigenvalue weighted by Crippen LogP contribution is 1.94. The summed E-state index contributed by atoms with van der Waals surface area (Å²) in [7, 11) is 0. The lowest BCUT2D eigenvalue weighted by Gasteiger charge is -2.20. The van der Waals surface area contributed by atoms with Crippen LogP contribution in [0, 0.1) is 0 Å². The van der Waals surface area contributed by atoms with Crippen molar-refractivity contribution in [1.29, 1.82) is 0 Å². The zero-order chi connectivity index (χ0) is 8.85. The molecule has 0 aromatic carbocycles. The number of aliphatic hydroxyl groups excluding tert-OH is 1. The van der Waals surface area contributed by atoms with Gasteiger partial charge in [0.1, 0.15) is 0 Å². The van der Waals surface area contributed by atoms with Crippen LogP contribution in [0.15, 0.2) is 0 Å². The predicted molar refractivity (Wildman–Crippen MR) is 44.7 cm³/mol. The molecule has 3 nitrogen and oxygen atoms in total. The number of amides is 1. The molecule has 0 spiro atoms. The molecule has 1 unspecified atom stereocenters. The van der Waals surface area contributed by atoms with Gasteiger partial charge in [-0.15, -0.1) is 11.6 Å². The molecule has 0 saturated carbocycles. The molecule has 0 radical (unpaired) electrons. The van der Waals surface area contributed by atoms with Gasteiger partial charge in [-0.2, -0.15) is 0 Å². The van der Waals surface area contributed by atoms with Gasteiger partial charge in [0.25, 0.3) is 0 Å². The van der Waals surface area contributed by atoms with Gasteiger partial charge in [-0.3, -0.25) is 4.79 Å². The fraction of sp³-hybridized carbons (Fsp3) is 0.857. The van der Waals surface area contributed by atoms with Crippen LogP contribution in [0.25, 0.3) is 0 Å². The first-order valence-electron chi connectivity index (χ1n) is 3.61. The van der Waals surface area contributed by atoms with Crippen molar-refractivity contribution in [3.05, 3.63) is 0 Å². The largest absolute Gasteiger partial charge is 0.390 e. The Balaban J connectivity index is 3.77. The molecular formula is C7H14ClNO2. The third-order valence-corrected chi connectivity index (χ3v) is 1.79. The maximum absolute atomic E-state index is 10.8. The molecule has 4 heteroatoms. The molecule has 1 N–H and O–H groups in total. The zero-order valence-corrected chi connectivity index (χ0v) is 7.64. The van der Waals surface area contributed by atoms with Gasteiger partial charge in [0.15, 0.2) is 0 Å². The molecule has 0 bridgehead atoms. The second kappa shape index (κ2) is 5.38. The number of halogens is 1. The summed E-state index contributed by atoms with van der Waals surface area (Å²) in [5.41, 5.74) is 0. The average Bonchev–Trinajstić information content (AvgIpc) is 1.99. The van der Waals surface area contributed by atoms with Gasteiger partial charge in [0, 0.05) is 20.0 Å². The number of rotatable bonds is 4. The Morgan fingerprint density at radius 2 is 2.27 bits per heavy atom. The van der Waals surface area contributed by atoms with E-state index in [4.69, 9.17) is 16.7 Å². The van der Waals surface area contributed by atoms with Crippen LogP contribution in [0.4, 0.5) is 0 Å². The molecule has 0 rings (SSSR count). The van der Waals surface area contributed by atoms with Crippen LogP contribution in [0.2, 0.25) is 0 Å². The van der Waals surface area contributed by atoms with Crippen molar-refractivity contribution in [3.8, 4) is 0 Å². The summed E-state index contributed by atoms with van der Waals surface area (Å²) in [6, 6.07) is 0. The SMILES string of the molecule is CCN(CC(O)CCl)C(C)=O. The van der Waals surface area contributed by atoms with E-state index in [1.54, 1.807) is 4.90 Å². The Hall–Kier alpha value is -0.280. The Morgan fingerprint density at radius 3 is 2.55 bits per heavy atom. The van der Waals surface area contributed by atoms with Gasteiger partial charge in [-0.1, -0.05) is 0 Å². The topological polar surface area (TPSA) is 40.5 Å². The van der Waals surface area contributed by atoms with Crippen molar-refractivity contribution in [3.63, 3.8) is 0 Å². The lowest BCUT2D eigenvalue weighted by atomic mass is 10.3.